The first-order chi connectivity index (χ1) is 11.9. The first-order valence-corrected chi connectivity index (χ1v) is 8.23. The van der Waals surface area contributed by atoms with Gasteiger partial charge in [-0.3, -0.25) is 19.8 Å². The van der Waals surface area contributed by atoms with Crippen LogP contribution in [0.25, 0.3) is 0 Å². The Hall–Kier alpha value is -2.45. The summed E-state index contributed by atoms with van der Waals surface area (Å²) in [7, 11) is 3.23. The lowest BCUT2D eigenvalue weighted by Crippen LogP contribution is -2.30. The summed E-state index contributed by atoms with van der Waals surface area (Å²) in [5.41, 5.74) is 1.00. The van der Waals surface area contributed by atoms with Gasteiger partial charge in [-0.15, -0.1) is 0 Å². The second-order valence-corrected chi connectivity index (χ2v) is 6.40. The Labute approximate surface area is 153 Å². The molecule has 0 radical (unpaired) electrons. The third kappa shape index (κ3) is 5.54. The number of methoxy groups -OCH3 is 1. The molecule has 2 rings (SSSR count). The molecule has 8 heteroatoms. The largest absolute Gasteiger partial charge is 0.496 e. The summed E-state index contributed by atoms with van der Waals surface area (Å²) in [6.45, 7) is 0.699. The van der Waals surface area contributed by atoms with Crippen molar-refractivity contribution < 1.29 is 14.5 Å². The van der Waals surface area contributed by atoms with Crippen LogP contribution in [0.3, 0.4) is 0 Å². The first kappa shape index (κ1) is 18.9. The fourth-order valence-electron chi connectivity index (χ4n) is 2.29. The topological polar surface area (TPSA) is 84.7 Å². The number of carbonyl (C=O) groups excluding carboxylic acids is 1. The van der Waals surface area contributed by atoms with Gasteiger partial charge in [-0.25, -0.2) is 0 Å². The van der Waals surface area contributed by atoms with Crippen LogP contribution < -0.4 is 10.1 Å². The standard InChI is InChI=1S/C17H18BrN3O4/c1-20(10-12-3-5-13(18)6-4-12)11-17(22)19-15-8-7-14(25-2)9-16(15)21(23)24/h3-9H,10-11H2,1-2H3,(H,19,22). The summed E-state index contributed by atoms with van der Waals surface area (Å²) in [6, 6.07) is 12.1. The zero-order valence-corrected chi connectivity index (χ0v) is 15.4. The van der Waals surface area contributed by atoms with Gasteiger partial charge in [0, 0.05) is 11.0 Å². The number of anilines is 1. The molecular weight excluding hydrogens is 390 g/mol. The lowest BCUT2D eigenvalue weighted by molar-refractivity contribution is -0.384. The molecule has 0 saturated carbocycles. The Kier molecular flexibility index (Phi) is 6.49. The molecule has 0 aliphatic rings. The molecule has 0 atom stereocenters. The minimum absolute atomic E-state index is 0.110. The fourth-order valence-corrected chi connectivity index (χ4v) is 2.55. The third-order valence-corrected chi connectivity index (χ3v) is 3.98. The maximum Gasteiger partial charge on any atom is 0.296 e. The van der Waals surface area contributed by atoms with Crippen LogP contribution in [-0.2, 0) is 11.3 Å². The summed E-state index contributed by atoms with van der Waals surface area (Å²) >= 11 is 3.38. The SMILES string of the molecule is COc1ccc(NC(=O)CN(C)Cc2ccc(Br)cc2)c([N+](=O)[O-])c1. The van der Waals surface area contributed by atoms with Crippen molar-refractivity contribution in [3.05, 3.63) is 62.6 Å². The lowest BCUT2D eigenvalue weighted by atomic mass is 10.2. The maximum atomic E-state index is 12.2. The van der Waals surface area contributed by atoms with E-state index >= 15 is 0 Å². The van der Waals surface area contributed by atoms with Gasteiger partial charge < -0.3 is 10.1 Å². The second-order valence-electron chi connectivity index (χ2n) is 5.49. The van der Waals surface area contributed by atoms with Gasteiger partial charge in [0.15, 0.2) is 0 Å². The van der Waals surface area contributed by atoms with Crippen LogP contribution in [0.4, 0.5) is 11.4 Å². The van der Waals surface area contributed by atoms with Crippen LogP contribution in [0, 0.1) is 10.1 Å². The van der Waals surface area contributed by atoms with Crippen molar-refractivity contribution in [1.29, 1.82) is 0 Å². The molecule has 132 valence electrons. The van der Waals surface area contributed by atoms with Crippen LogP contribution in [0.1, 0.15) is 5.56 Å². The van der Waals surface area contributed by atoms with Crippen molar-refractivity contribution in [2.24, 2.45) is 0 Å². The van der Waals surface area contributed by atoms with E-state index in [4.69, 9.17) is 4.74 Å². The van der Waals surface area contributed by atoms with Crippen LogP contribution in [0.15, 0.2) is 46.9 Å². The van der Waals surface area contributed by atoms with E-state index in [1.54, 1.807) is 6.07 Å². The Bertz CT molecular complexity index is 765. The number of nitro benzene ring substituents is 1. The molecule has 0 fully saturated rings. The quantitative estimate of drug-likeness (QED) is 0.561. The number of amides is 1. The highest BCUT2D eigenvalue weighted by atomic mass is 79.9. The number of nitrogens with one attached hydrogen (secondary N) is 1. The number of hydrogen-bond donors (Lipinski definition) is 1. The minimum Gasteiger partial charge on any atom is -0.496 e. The van der Waals surface area contributed by atoms with E-state index in [0.717, 1.165) is 10.0 Å². The molecule has 1 N–H and O–H groups in total. The molecule has 0 aliphatic heterocycles. The molecule has 2 aromatic carbocycles. The van der Waals surface area contributed by atoms with E-state index in [1.165, 1.54) is 19.2 Å². The molecule has 0 spiro atoms. The summed E-state index contributed by atoms with van der Waals surface area (Å²) in [5, 5.41) is 13.7. The third-order valence-electron chi connectivity index (χ3n) is 3.45. The molecule has 0 aromatic heterocycles. The van der Waals surface area contributed by atoms with Crippen molar-refractivity contribution in [1.82, 2.24) is 4.90 Å². The highest BCUT2D eigenvalue weighted by Gasteiger charge is 2.18. The van der Waals surface area contributed by atoms with Crippen molar-refractivity contribution in [3.8, 4) is 5.75 Å². The fraction of sp³-hybridized carbons (Fsp3) is 0.235. The summed E-state index contributed by atoms with van der Waals surface area (Å²) < 4.78 is 5.96. The molecule has 7 nitrogen and oxygen atoms in total. The van der Waals surface area contributed by atoms with Gasteiger partial charge in [0.05, 0.1) is 24.6 Å². The molecule has 25 heavy (non-hydrogen) atoms. The van der Waals surface area contributed by atoms with Gasteiger partial charge in [-0.05, 0) is 36.9 Å². The van der Waals surface area contributed by atoms with E-state index in [1.807, 2.05) is 36.2 Å². The predicted molar refractivity (Wildman–Crippen MR) is 98.8 cm³/mol. The molecule has 0 aliphatic carbocycles. The zero-order chi connectivity index (χ0) is 18.4. The lowest BCUT2D eigenvalue weighted by Gasteiger charge is -2.16. The van der Waals surface area contributed by atoms with E-state index in [2.05, 4.69) is 21.2 Å². The molecular formula is C17H18BrN3O4. The van der Waals surface area contributed by atoms with E-state index in [-0.39, 0.29) is 23.8 Å². The van der Waals surface area contributed by atoms with Gasteiger partial charge in [0.2, 0.25) is 5.91 Å². The molecule has 0 heterocycles. The van der Waals surface area contributed by atoms with Crippen LogP contribution in [-0.4, -0.2) is 36.4 Å². The monoisotopic (exact) mass is 407 g/mol. The number of nitrogens with zero attached hydrogens (tertiary/aromatic N) is 2. The molecule has 2 aromatic rings. The molecule has 1 amide bonds. The van der Waals surface area contributed by atoms with Gasteiger partial charge in [-0.2, -0.15) is 0 Å². The molecule has 0 saturated heterocycles. The number of benzene rings is 2. The number of carbonyl (C=O) groups is 1. The summed E-state index contributed by atoms with van der Waals surface area (Å²) in [5.74, 6) is 0.0323. The Morgan fingerprint density at radius 3 is 2.56 bits per heavy atom. The van der Waals surface area contributed by atoms with E-state index in [9.17, 15) is 14.9 Å². The zero-order valence-electron chi connectivity index (χ0n) is 13.9. The number of likely N-dealkylation sites (N-methyl/N-ethyl adjacent to an activating group) is 1. The van der Waals surface area contributed by atoms with Crippen molar-refractivity contribution in [2.75, 3.05) is 26.0 Å². The van der Waals surface area contributed by atoms with Crippen molar-refractivity contribution in [3.63, 3.8) is 0 Å². The van der Waals surface area contributed by atoms with Crippen LogP contribution >= 0.6 is 15.9 Å². The Morgan fingerprint density at radius 2 is 1.96 bits per heavy atom. The smallest absolute Gasteiger partial charge is 0.296 e. The predicted octanol–water partition coefficient (Wildman–Crippen LogP) is 3.44. The van der Waals surface area contributed by atoms with Gasteiger partial charge in [-0.1, -0.05) is 28.1 Å². The number of nitro groups is 1. The second kappa shape index (κ2) is 8.59. The van der Waals surface area contributed by atoms with Crippen molar-refractivity contribution >= 4 is 33.2 Å². The maximum absolute atomic E-state index is 12.2. The number of hydrogen-bond acceptors (Lipinski definition) is 5. The normalized spacial score (nSPS) is 10.6. The highest BCUT2D eigenvalue weighted by molar-refractivity contribution is 9.10. The summed E-state index contributed by atoms with van der Waals surface area (Å²) in [4.78, 5) is 24.6. The van der Waals surface area contributed by atoms with E-state index in [0.29, 0.717) is 12.3 Å². The summed E-state index contributed by atoms with van der Waals surface area (Å²) in [6.07, 6.45) is 0. The number of rotatable bonds is 7. The highest BCUT2D eigenvalue weighted by Crippen LogP contribution is 2.28. The molecule has 0 bridgehead atoms. The van der Waals surface area contributed by atoms with Crippen LogP contribution in [0.5, 0.6) is 5.75 Å². The first-order valence-electron chi connectivity index (χ1n) is 7.44. The van der Waals surface area contributed by atoms with Crippen LogP contribution in [0.2, 0.25) is 0 Å². The van der Waals surface area contributed by atoms with Gasteiger partial charge >= 0.3 is 0 Å². The molecule has 0 unspecified atom stereocenters. The van der Waals surface area contributed by atoms with Gasteiger partial charge in [0.25, 0.3) is 5.69 Å². The number of halogens is 1. The number of ether oxygens (including phenoxy) is 1. The average molecular weight is 408 g/mol. The Morgan fingerprint density at radius 1 is 1.28 bits per heavy atom. The average Bonchev–Trinajstić information content (AvgIpc) is 2.57. The van der Waals surface area contributed by atoms with Gasteiger partial charge in [0.1, 0.15) is 11.4 Å². The Balaban J connectivity index is 1.99. The van der Waals surface area contributed by atoms with Crippen molar-refractivity contribution in [2.45, 2.75) is 6.54 Å². The minimum atomic E-state index is -0.552. The van der Waals surface area contributed by atoms with E-state index < -0.39 is 4.92 Å².